The van der Waals surface area contributed by atoms with Crippen molar-refractivity contribution in [2.75, 3.05) is 6.54 Å². The molecule has 0 aliphatic carbocycles. The third-order valence-corrected chi connectivity index (χ3v) is 2.71. The van der Waals surface area contributed by atoms with E-state index >= 15 is 0 Å². The summed E-state index contributed by atoms with van der Waals surface area (Å²) in [6, 6.07) is 2.38. The van der Waals surface area contributed by atoms with Crippen molar-refractivity contribution < 1.29 is 19.1 Å². The minimum Gasteiger partial charge on any atom is -0.481 e. The molecule has 0 fully saturated rings. The maximum atomic E-state index is 12.9. The van der Waals surface area contributed by atoms with E-state index in [1.54, 1.807) is 0 Å². The first-order valence-corrected chi connectivity index (χ1v) is 6.31. The van der Waals surface area contributed by atoms with E-state index in [2.05, 4.69) is 10.3 Å². The number of carboxylic acids is 1. The summed E-state index contributed by atoms with van der Waals surface area (Å²) in [5.41, 5.74) is -0.0336. The highest BCUT2D eigenvalue weighted by Gasteiger charge is 2.25. The van der Waals surface area contributed by atoms with Gasteiger partial charge in [0.05, 0.1) is 5.92 Å². The third kappa shape index (κ3) is 5.34. The van der Waals surface area contributed by atoms with Crippen LogP contribution in [0.3, 0.4) is 0 Å². The van der Waals surface area contributed by atoms with Crippen molar-refractivity contribution in [2.45, 2.75) is 27.2 Å². The van der Waals surface area contributed by atoms with Crippen LogP contribution in [0.5, 0.6) is 0 Å². The largest absolute Gasteiger partial charge is 0.481 e. The van der Waals surface area contributed by atoms with Crippen LogP contribution in [0.2, 0.25) is 0 Å². The van der Waals surface area contributed by atoms with Crippen LogP contribution in [0.15, 0.2) is 18.3 Å². The molecule has 1 amide bonds. The Hall–Kier alpha value is -1.98. The Bertz CT molecular complexity index is 497. The number of pyridine rings is 1. The zero-order valence-electron chi connectivity index (χ0n) is 11.8. The number of carboxylic acid groups (broad SMARTS) is 1. The second kappa shape index (κ2) is 6.45. The highest BCUT2D eigenvalue weighted by molar-refractivity contribution is 5.94. The Morgan fingerprint density at radius 3 is 2.60 bits per heavy atom. The molecule has 0 saturated heterocycles. The van der Waals surface area contributed by atoms with Gasteiger partial charge in [-0.1, -0.05) is 20.8 Å². The number of carbonyl (C=O) groups is 2. The molecular formula is C14H19FN2O3. The average molecular weight is 282 g/mol. The van der Waals surface area contributed by atoms with E-state index in [0.717, 1.165) is 6.07 Å². The molecule has 20 heavy (non-hydrogen) atoms. The second-order valence-electron chi connectivity index (χ2n) is 5.88. The van der Waals surface area contributed by atoms with Crippen LogP contribution in [0.4, 0.5) is 4.39 Å². The number of carbonyl (C=O) groups excluding carboxylic acids is 1. The van der Waals surface area contributed by atoms with Crippen LogP contribution in [0.1, 0.15) is 37.6 Å². The Morgan fingerprint density at radius 2 is 2.10 bits per heavy atom. The average Bonchev–Trinajstić information content (AvgIpc) is 2.32. The van der Waals surface area contributed by atoms with Crippen molar-refractivity contribution in [1.82, 2.24) is 10.3 Å². The number of rotatable bonds is 5. The molecule has 1 heterocycles. The van der Waals surface area contributed by atoms with Gasteiger partial charge in [-0.2, -0.15) is 4.39 Å². The van der Waals surface area contributed by atoms with Crippen LogP contribution >= 0.6 is 0 Å². The molecule has 0 aliphatic rings. The molecule has 0 saturated carbocycles. The lowest BCUT2D eigenvalue weighted by Crippen LogP contribution is -2.35. The van der Waals surface area contributed by atoms with Gasteiger partial charge in [-0.15, -0.1) is 0 Å². The number of amides is 1. The Balaban J connectivity index is 2.64. The summed E-state index contributed by atoms with van der Waals surface area (Å²) in [4.78, 5) is 26.3. The number of halogens is 1. The summed E-state index contributed by atoms with van der Waals surface area (Å²) < 4.78 is 12.9. The summed E-state index contributed by atoms with van der Waals surface area (Å²) in [5.74, 6) is -2.89. The summed E-state index contributed by atoms with van der Waals surface area (Å²) in [7, 11) is 0. The predicted octanol–water partition coefficient (Wildman–Crippen LogP) is 2.09. The van der Waals surface area contributed by atoms with E-state index in [4.69, 9.17) is 5.11 Å². The number of nitrogens with zero attached hydrogens (tertiary/aromatic N) is 1. The zero-order chi connectivity index (χ0) is 15.3. The molecule has 0 aromatic carbocycles. The molecule has 110 valence electrons. The number of nitrogens with one attached hydrogen (secondary N) is 1. The lowest BCUT2D eigenvalue weighted by atomic mass is 9.84. The SMILES string of the molecule is CC(C)(C)CC(CNC(=O)c1ccnc(F)c1)C(=O)O. The van der Waals surface area contributed by atoms with Gasteiger partial charge >= 0.3 is 5.97 Å². The van der Waals surface area contributed by atoms with Gasteiger partial charge in [0, 0.05) is 24.4 Å². The Kier molecular flexibility index (Phi) is 5.19. The third-order valence-electron chi connectivity index (χ3n) is 2.71. The van der Waals surface area contributed by atoms with E-state index < -0.39 is 23.7 Å². The molecule has 6 heteroatoms. The summed E-state index contributed by atoms with van der Waals surface area (Å²) in [6.07, 6.45) is 1.63. The van der Waals surface area contributed by atoms with Gasteiger partial charge in [0.15, 0.2) is 0 Å². The highest BCUT2D eigenvalue weighted by atomic mass is 19.1. The molecule has 0 radical (unpaired) electrons. The van der Waals surface area contributed by atoms with Crippen LogP contribution < -0.4 is 5.32 Å². The molecule has 1 aromatic heterocycles. The van der Waals surface area contributed by atoms with Gasteiger partial charge in [-0.25, -0.2) is 4.98 Å². The fraction of sp³-hybridized carbons (Fsp3) is 0.500. The molecular weight excluding hydrogens is 263 g/mol. The van der Waals surface area contributed by atoms with Crippen molar-refractivity contribution in [1.29, 1.82) is 0 Å². The predicted molar refractivity (Wildman–Crippen MR) is 71.7 cm³/mol. The maximum Gasteiger partial charge on any atom is 0.308 e. The highest BCUT2D eigenvalue weighted by Crippen LogP contribution is 2.24. The van der Waals surface area contributed by atoms with Gasteiger partial charge in [-0.3, -0.25) is 9.59 Å². The fourth-order valence-electron chi connectivity index (χ4n) is 1.85. The van der Waals surface area contributed by atoms with E-state index in [1.807, 2.05) is 20.8 Å². The zero-order valence-corrected chi connectivity index (χ0v) is 11.8. The monoisotopic (exact) mass is 282 g/mol. The molecule has 1 atom stereocenters. The van der Waals surface area contributed by atoms with Crippen LogP contribution in [0, 0.1) is 17.3 Å². The summed E-state index contributed by atoms with van der Waals surface area (Å²) in [6.45, 7) is 5.81. The van der Waals surface area contributed by atoms with E-state index in [-0.39, 0.29) is 17.5 Å². The minimum absolute atomic E-state index is 0.00930. The van der Waals surface area contributed by atoms with E-state index in [9.17, 15) is 14.0 Å². The minimum atomic E-state index is -0.957. The molecule has 1 unspecified atom stereocenters. The van der Waals surface area contributed by atoms with Crippen molar-refractivity contribution >= 4 is 11.9 Å². The van der Waals surface area contributed by atoms with Gasteiger partial charge in [-0.05, 0) is 17.9 Å². The second-order valence-corrected chi connectivity index (χ2v) is 5.88. The van der Waals surface area contributed by atoms with Crippen molar-refractivity contribution in [3.8, 4) is 0 Å². The molecule has 2 N–H and O–H groups in total. The number of hydrogen-bond donors (Lipinski definition) is 2. The van der Waals surface area contributed by atoms with E-state index in [1.165, 1.54) is 12.3 Å². The Morgan fingerprint density at radius 1 is 1.45 bits per heavy atom. The normalized spacial score (nSPS) is 12.8. The molecule has 1 rings (SSSR count). The van der Waals surface area contributed by atoms with E-state index in [0.29, 0.717) is 6.42 Å². The van der Waals surface area contributed by atoms with Gasteiger partial charge in [0.2, 0.25) is 5.95 Å². The van der Waals surface area contributed by atoms with Gasteiger partial charge in [0.25, 0.3) is 5.91 Å². The summed E-state index contributed by atoms with van der Waals surface area (Å²) >= 11 is 0. The quantitative estimate of drug-likeness (QED) is 0.810. The maximum absolute atomic E-state index is 12.9. The molecule has 0 aliphatic heterocycles. The van der Waals surface area contributed by atoms with Gasteiger partial charge in [0.1, 0.15) is 0 Å². The molecule has 5 nitrogen and oxygen atoms in total. The number of hydrogen-bond acceptors (Lipinski definition) is 3. The molecule has 0 spiro atoms. The lowest BCUT2D eigenvalue weighted by molar-refractivity contribution is -0.142. The Labute approximate surface area is 117 Å². The van der Waals surface area contributed by atoms with Crippen molar-refractivity contribution in [2.24, 2.45) is 11.3 Å². The van der Waals surface area contributed by atoms with Crippen molar-refractivity contribution in [3.63, 3.8) is 0 Å². The smallest absolute Gasteiger partial charge is 0.308 e. The molecule has 1 aromatic rings. The first kappa shape index (κ1) is 16.1. The number of aromatic nitrogens is 1. The first-order valence-electron chi connectivity index (χ1n) is 6.31. The fourth-order valence-corrected chi connectivity index (χ4v) is 1.85. The van der Waals surface area contributed by atoms with Crippen LogP contribution in [-0.2, 0) is 4.79 Å². The van der Waals surface area contributed by atoms with Crippen LogP contribution in [0.25, 0.3) is 0 Å². The standard InChI is InChI=1S/C14H19FN2O3/c1-14(2,3)7-10(13(19)20)8-17-12(18)9-4-5-16-11(15)6-9/h4-6,10H,7-8H2,1-3H3,(H,17,18)(H,19,20). The van der Waals surface area contributed by atoms with Crippen molar-refractivity contribution in [3.05, 3.63) is 29.8 Å². The number of aliphatic carboxylic acids is 1. The van der Waals surface area contributed by atoms with Gasteiger partial charge < -0.3 is 10.4 Å². The van der Waals surface area contributed by atoms with Crippen LogP contribution in [-0.4, -0.2) is 28.5 Å². The lowest BCUT2D eigenvalue weighted by Gasteiger charge is -2.23. The topological polar surface area (TPSA) is 79.3 Å². The molecule has 0 bridgehead atoms. The first-order chi connectivity index (χ1) is 9.19. The summed E-state index contributed by atoms with van der Waals surface area (Å²) in [5, 5.41) is 11.7.